The maximum atomic E-state index is 12.5. The lowest BCUT2D eigenvalue weighted by molar-refractivity contribution is 0.0938. The number of carbonyl (C=O) groups excluding carboxylic acids is 1. The highest BCUT2D eigenvalue weighted by Gasteiger charge is 2.20. The Morgan fingerprint density at radius 3 is 2.71 bits per heavy atom. The van der Waals surface area contributed by atoms with Gasteiger partial charge in [0.15, 0.2) is 0 Å². The van der Waals surface area contributed by atoms with E-state index < -0.39 is 0 Å². The van der Waals surface area contributed by atoms with Gasteiger partial charge in [-0.05, 0) is 32.9 Å². The molecule has 1 aromatic carbocycles. The number of carbonyl (C=O) groups is 1. The summed E-state index contributed by atoms with van der Waals surface area (Å²) in [5, 5.41) is 3.94. The summed E-state index contributed by atoms with van der Waals surface area (Å²) in [5.41, 5.74) is 7.60. The second-order valence-corrected chi connectivity index (χ2v) is 6.04. The normalized spacial score (nSPS) is 12.0. The zero-order valence-corrected chi connectivity index (χ0v) is 13.4. The molecule has 1 heterocycles. The van der Waals surface area contributed by atoms with Crippen LogP contribution in [-0.4, -0.2) is 18.0 Å². The third-order valence-electron chi connectivity index (χ3n) is 3.19. The van der Waals surface area contributed by atoms with Crippen LogP contribution in [0.3, 0.4) is 0 Å². The van der Waals surface area contributed by atoms with Gasteiger partial charge >= 0.3 is 0 Å². The Hall–Kier alpha value is -2.08. The van der Waals surface area contributed by atoms with Crippen molar-refractivity contribution < 1.29 is 9.53 Å². The number of thiazole rings is 1. The van der Waals surface area contributed by atoms with E-state index in [1.54, 1.807) is 29.5 Å². The third-order valence-corrected chi connectivity index (χ3v) is 4.44. The summed E-state index contributed by atoms with van der Waals surface area (Å²) in [5.74, 6) is 0.222. The number of aryl methyl sites for hydroxylation is 2. The molecule has 0 radical (unpaired) electrons. The van der Waals surface area contributed by atoms with Gasteiger partial charge in [0.05, 0.1) is 23.9 Å². The van der Waals surface area contributed by atoms with Crippen LogP contribution >= 0.6 is 11.3 Å². The number of nitrogen functional groups attached to an aromatic ring is 1. The third kappa shape index (κ3) is 3.16. The minimum Gasteiger partial charge on any atom is -0.496 e. The molecule has 3 N–H and O–H groups in total. The molecule has 0 saturated carbocycles. The van der Waals surface area contributed by atoms with E-state index in [9.17, 15) is 4.79 Å². The largest absolute Gasteiger partial charge is 0.496 e. The molecular formula is C15H19N3O2S. The summed E-state index contributed by atoms with van der Waals surface area (Å²) in [7, 11) is 1.52. The van der Waals surface area contributed by atoms with Crippen molar-refractivity contribution in [1.29, 1.82) is 0 Å². The Morgan fingerprint density at radius 1 is 1.43 bits per heavy atom. The van der Waals surface area contributed by atoms with E-state index >= 15 is 0 Å². The number of ether oxygens (including phenoxy) is 1. The Morgan fingerprint density at radius 2 is 2.14 bits per heavy atom. The second kappa shape index (κ2) is 6.13. The quantitative estimate of drug-likeness (QED) is 0.852. The summed E-state index contributed by atoms with van der Waals surface area (Å²) in [4.78, 5) is 17.9. The SMILES string of the molecule is COc1cccc(N)c1C(=O)NC(C)c1sc(C)nc1C. The van der Waals surface area contributed by atoms with Crippen LogP contribution in [-0.2, 0) is 0 Å². The first-order valence-electron chi connectivity index (χ1n) is 6.61. The number of methoxy groups -OCH3 is 1. The molecule has 0 saturated heterocycles. The lowest BCUT2D eigenvalue weighted by Crippen LogP contribution is -2.27. The summed E-state index contributed by atoms with van der Waals surface area (Å²) in [6.45, 7) is 5.83. The molecule has 112 valence electrons. The average Bonchev–Trinajstić information content (AvgIpc) is 2.77. The van der Waals surface area contributed by atoms with Gasteiger partial charge in [-0.25, -0.2) is 4.98 Å². The number of hydrogen-bond acceptors (Lipinski definition) is 5. The summed E-state index contributed by atoms with van der Waals surface area (Å²) >= 11 is 1.59. The van der Waals surface area contributed by atoms with Crippen molar-refractivity contribution in [3.05, 3.63) is 39.3 Å². The average molecular weight is 305 g/mol. The number of hydrogen-bond donors (Lipinski definition) is 2. The number of nitrogens with one attached hydrogen (secondary N) is 1. The molecule has 0 fully saturated rings. The van der Waals surface area contributed by atoms with E-state index in [1.807, 2.05) is 20.8 Å². The second-order valence-electron chi connectivity index (χ2n) is 4.80. The van der Waals surface area contributed by atoms with Gasteiger partial charge in [-0.15, -0.1) is 11.3 Å². The molecule has 2 aromatic rings. The smallest absolute Gasteiger partial charge is 0.257 e. The van der Waals surface area contributed by atoms with Crippen molar-refractivity contribution >= 4 is 22.9 Å². The van der Waals surface area contributed by atoms with Crippen LogP contribution < -0.4 is 15.8 Å². The van der Waals surface area contributed by atoms with Crippen LogP contribution in [0.1, 0.15) is 38.9 Å². The van der Waals surface area contributed by atoms with E-state index in [-0.39, 0.29) is 11.9 Å². The van der Waals surface area contributed by atoms with Gasteiger partial charge in [0, 0.05) is 10.6 Å². The molecule has 5 nitrogen and oxygen atoms in total. The predicted molar refractivity (Wildman–Crippen MR) is 84.9 cm³/mol. The van der Waals surface area contributed by atoms with Crippen LogP contribution in [0.25, 0.3) is 0 Å². The van der Waals surface area contributed by atoms with Gasteiger partial charge in [0.2, 0.25) is 0 Å². The van der Waals surface area contributed by atoms with Gasteiger partial charge in [0.1, 0.15) is 11.3 Å². The Bertz CT molecular complexity index is 667. The minimum atomic E-state index is -0.247. The van der Waals surface area contributed by atoms with E-state index in [2.05, 4.69) is 10.3 Å². The van der Waals surface area contributed by atoms with E-state index in [0.29, 0.717) is 17.0 Å². The molecule has 1 amide bonds. The first-order valence-corrected chi connectivity index (χ1v) is 7.43. The van der Waals surface area contributed by atoms with E-state index in [4.69, 9.17) is 10.5 Å². The monoisotopic (exact) mass is 305 g/mol. The lowest BCUT2D eigenvalue weighted by Gasteiger charge is -2.16. The fourth-order valence-electron chi connectivity index (χ4n) is 2.24. The molecular weight excluding hydrogens is 286 g/mol. The Kier molecular flexibility index (Phi) is 4.47. The molecule has 1 aromatic heterocycles. The topological polar surface area (TPSA) is 77.2 Å². The minimum absolute atomic E-state index is 0.131. The van der Waals surface area contributed by atoms with Crippen molar-refractivity contribution in [2.24, 2.45) is 0 Å². The number of nitrogens with two attached hydrogens (primary N) is 1. The highest BCUT2D eigenvalue weighted by Crippen LogP contribution is 2.27. The highest BCUT2D eigenvalue weighted by atomic mass is 32.1. The molecule has 1 atom stereocenters. The maximum absolute atomic E-state index is 12.5. The lowest BCUT2D eigenvalue weighted by atomic mass is 10.1. The molecule has 6 heteroatoms. The molecule has 0 spiro atoms. The molecule has 0 bridgehead atoms. The fraction of sp³-hybridized carbons (Fsp3) is 0.333. The molecule has 0 aliphatic heterocycles. The van der Waals surface area contributed by atoms with Gasteiger partial charge in [-0.1, -0.05) is 6.07 Å². The van der Waals surface area contributed by atoms with Crippen molar-refractivity contribution in [3.8, 4) is 5.75 Å². The Labute approximate surface area is 128 Å². The van der Waals surface area contributed by atoms with Crippen molar-refractivity contribution in [2.45, 2.75) is 26.8 Å². The molecule has 0 aliphatic rings. The zero-order chi connectivity index (χ0) is 15.6. The Balaban J connectivity index is 2.24. The van der Waals surface area contributed by atoms with Gasteiger partial charge < -0.3 is 15.8 Å². The van der Waals surface area contributed by atoms with E-state index in [1.165, 1.54) is 7.11 Å². The molecule has 21 heavy (non-hydrogen) atoms. The highest BCUT2D eigenvalue weighted by molar-refractivity contribution is 7.11. The standard InChI is InChI=1S/C15H19N3O2S/c1-8-14(21-10(3)17-8)9(2)18-15(19)13-11(16)6-5-7-12(13)20-4/h5-7,9H,16H2,1-4H3,(H,18,19). The molecule has 0 aliphatic carbocycles. The summed E-state index contributed by atoms with van der Waals surface area (Å²) < 4.78 is 5.21. The first-order chi connectivity index (χ1) is 9.93. The van der Waals surface area contributed by atoms with Crippen LogP contribution in [0.15, 0.2) is 18.2 Å². The van der Waals surface area contributed by atoms with Crippen molar-refractivity contribution in [1.82, 2.24) is 10.3 Å². The van der Waals surface area contributed by atoms with Crippen LogP contribution in [0.2, 0.25) is 0 Å². The fourth-order valence-corrected chi connectivity index (χ4v) is 3.17. The van der Waals surface area contributed by atoms with Crippen LogP contribution in [0.4, 0.5) is 5.69 Å². The van der Waals surface area contributed by atoms with Crippen LogP contribution in [0, 0.1) is 13.8 Å². The molecule has 2 rings (SSSR count). The zero-order valence-electron chi connectivity index (χ0n) is 12.6. The summed E-state index contributed by atoms with van der Waals surface area (Å²) in [6, 6.07) is 5.03. The maximum Gasteiger partial charge on any atom is 0.257 e. The number of amides is 1. The number of aromatic nitrogens is 1. The van der Waals surface area contributed by atoms with Gasteiger partial charge in [0.25, 0.3) is 5.91 Å². The van der Waals surface area contributed by atoms with Gasteiger partial charge in [-0.2, -0.15) is 0 Å². The van der Waals surface area contributed by atoms with E-state index in [0.717, 1.165) is 15.6 Å². The molecule has 1 unspecified atom stereocenters. The van der Waals surface area contributed by atoms with Crippen molar-refractivity contribution in [3.63, 3.8) is 0 Å². The summed E-state index contributed by atoms with van der Waals surface area (Å²) in [6.07, 6.45) is 0. The predicted octanol–water partition coefficient (Wildman–Crippen LogP) is 2.84. The van der Waals surface area contributed by atoms with Crippen LogP contribution in [0.5, 0.6) is 5.75 Å². The van der Waals surface area contributed by atoms with Gasteiger partial charge in [-0.3, -0.25) is 4.79 Å². The first kappa shape index (κ1) is 15.3. The number of nitrogens with zero attached hydrogens (tertiary/aromatic N) is 1. The number of rotatable bonds is 4. The number of anilines is 1. The van der Waals surface area contributed by atoms with Crippen molar-refractivity contribution in [2.75, 3.05) is 12.8 Å². The number of benzene rings is 1.